The van der Waals surface area contributed by atoms with E-state index in [1.165, 1.54) is 18.9 Å². The number of hydrogen-bond donors (Lipinski definition) is 3. The largest absolute Gasteiger partial charge is 0.506 e. The quantitative estimate of drug-likeness (QED) is 0.531. The molecule has 0 heterocycles. The van der Waals surface area contributed by atoms with Crippen molar-refractivity contribution in [1.82, 2.24) is 5.32 Å². The van der Waals surface area contributed by atoms with Gasteiger partial charge in [-0.05, 0) is 71.8 Å². The Hall–Kier alpha value is -2.53. The van der Waals surface area contributed by atoms with Crippen LogP contribution in [-0.2, 0) is 0 Å². The van der Waals surface area contributed by atoms with Crippen LogP contribution in [0.15, 0.2) is 42.5 Å². The van der Waals surface area contributed by atoms with Crippen molar-refractivity contribution in [3.05, 3.63) is 58.6 Å². The van der Waals surface area contributed by atoms with Gasteiger partial charge in [-0.1, -0.05) is 50.6 Å². The van der Waals surface area contributed by atoms with Crippen LogP contribution in [0.25, 0.3) is 0 Å². The van der Waals surface area contributed by atoms with E-state index < -0.39 is 11.9 Å². The molecule has 0 spiro atoms. The number of phenolic OH excluding ortho intramolecular Hbond substituents is 1. The van der Waals surface area contributed by atoms with E-state index in [9.17, 15) is 14.7 Å². The van der Waals surface area contributed by atoms with Crippen LogP contribution >= 0.6 is 11.6 Å². The van der Waals surface area contributed by atoms with Crippen molar-refractivity contribution in [2.45, 2.75) is 46.0 Å². The van der Waals surface area contributed by atoms with Gasteiger partial charge >= 0.3 is 6.03 Å². The zero-order valence-electron chi connectivity index (χ0n) is 17.5. The molecule has 2 bridgehead atoms. The summed E-state index contributed by atoms with van der Waals surface area (Å²) in [5.41, 5.74) is 2.06. The number of anilines is 1. The van der Waals surface area contributed by atoms with Crippen LogP contribution in [-0.4, -0.2) is 17.0 Å². The topological polar surface area (TPSA) is 78.4 Å². The molecule has 4 rings (SSSR count). The molecule has 3 atom stereocenters. The van der Waals surface area contributed by atoms with Crippen LogP contribution in [0, 0.1) is 16.7 Å². The highest BCUT2D eigenvalue weighted by molar-refractivity contribution is 6.34. The van der Waals surface area contributed by atoms with E-state index in [2.05, 4.69) is 31.4 Å². The summed E-state index contributed by atoms with van der Waals surface area (Å²) in [5.74, 6) is 0.485. The number of halogens is 1. The predicted octanol–water partition coefficient (Wildman–Crippen LogP) is 5.94. The third-order valence-corrected chi connectivity index (χ3v) is 8.14. The van der Waals surface area contributed by atoms with Crippen LogP contribution in [0.4, 0.5) is 10.5 Å². The Labute approximate surface area is 181 Å². The third kappa shape index (κ3) is 3.25. The van der Waals surface area contributed by atoms with Gasteiger partial charge in [0.15, 0.2) is 0 Å². The summed E-state index contributed by atoms with van der Waals surface area (Å²) in [4.78, 5) is 24.5. The fourth-order valence-corrected chi connectivity index (χ4v) is 5.77. The van der Waals surface area contributed by atoms with Crippen LogP contribution in [0.2, 0.25) is 5.02 Å². The van der Waals surface area contributed by atoms with Gasteiger partial charge in [-0.2, -0.15) is 0 Å². The summed E-state index contributed by atoms with van der Waals surface area (Å²) in [6.45, 7) is 7.09. The van der Waals surface area contributed by atoms with Crippen LogP contribution < -0.4 is 10.6 Å². The number of fused-ring (bicyclic) bond motifs is 2. The Bertz CT molecular complexity index is 1020. The van der Waals surface area contributed by atoms with E-state index in [0.29, 0.717) is 11.8 Å². The van der Waals surface area contributed by atoms with Gasteiger partial charge in [-0.15, -0.1) is 0 Å². The summed E-state index contributed by atoms with van der Waals surface area (Å²) in [6, 6.07) is 11.2. The number of aromatic hydroxyl groups is 1. The normalized spacial score (nSPS) is 26.4. The van der Waals surface area contributed by atoms with Crippen molar-refractivity contribution in [1.29, 1.82) is 0 Å². The first kappa shape index (κ1) is 20.7. The molecule has 2 aliphatic rings. The molecule has 3 N–H and O–H groups in total. The Balaban J connectivity index is 1.46. The molecule has 3 unspecified atom stereocenters. The van der Waals surface area contributed by atoms with Crippen molar-refractivity contribution >= 4 is 29.2 Å². The second kappa shape index (κ2) is 7.31. The zero-order valence-corrected chi connectivity index (χ0v) is 18.2. The van der Waals surface area contributed by atoms with Crippen LogP contribution in [0.1, 0.15) is 61.9 Å². The number of phenols is 1. The van der Waals surface area contributed by atoms with Crippen molar-refractivity contribution < 1.29 is 14.7 Å². The number of carbonyl (C=O) groups excluding carboxylic acids is 2. The highest BCUT2D eigenvalue weighted by Crippen LogP contribution is 2.71. The Morgan fingerprint density at radius 2 is 1.87 bits per heavy atom. The molecule has 2 fully saturated rings. The van der Waals surface area contributed by atoms with Gasteiger partial charge in [0.2, 0.25) is 0 Å². The molecule has 5 nitrogen and oxygen atoms in total. The molecule has 30 heavy (non-hydrogen) atoms. The fraction of sp³-hybridized carbons (Fsp3) is 0.417. The second-order valence-corrected chi connectivity index (χ2v) is 9.73. The SMILES string of the molecule is CC1(C)C2CCC1(C)C(c1ccc(NC(=O)NC(=O)c3ccccc3Cl)c(O)c1)C2. The molecule has 0 saturated heterocycles. The average Bonchev–Trinajstić information content (AvgIpc) is 3.03. The van der Waals surface area contributed by atoms with Gasteiger partial charge in [0, 0.05) is 0 Å². The Kier molecular flexibility index (Phi) is 5.05. The first-order chi connectivity index (χ1) is 14.1. The van der Waals surface area contributed by atoms with E-state index in [0.717, 1.165) is 12.0 Å². The first-order valence-corrected chi connectivity index (χ1v) is 10.7. The summed E-state index contributed by atoms with van der Waals surface area (Å²) >= 11 is 5.99. The highest BCUT2D eigenvalue weighted by Gasteiger charge is 2.61. The lowest BCUT2D eigenvalue weighted by Gasteiger charge is -2.39. The Morgan fingerprint density at radius 3 is 2.47 bits per heavy atom. The maximum absolute atomic E-state index is 12.2. The number of benzene rings is 2. The molecule has 2 aromatic rings. The number of amides is 3. The number of imide groups is 1. The second-order valence-electron chi connectivity index (χ2n) is 9.33. The van der Waals surface area contributed by atoms with Crippen molar-refractivity contribution in [2.24, 2.45) is 16.7 Å². The van der Waals surface area contributed by atoms with Gasteiger partial charge in [0.25, 0.3) is 5.91 Å². The standard InChI is InChI=1S/C24H27ClN2O3/c1-23(2)15-10-11-24(23,3)17(13-15)14-8-9-19(20(28)12-14)26-22(30)27-21(29)16-6-4-5-7-18(16)25/h4-9,12,15,17,28H,10-11,13H2,1-3H3,(H2,26,27,29,30). The van der Waals surface area contributed by atoms with Gasteiger partial charge in [-0.25, -0.2) is 4.79 Å². The maximum atomic E-state index is 12.2. The Morgan fingerprint density at radius 1 is 1.13 bits per heavy atom. The molecule has 2 saturated carbocycles. The van der Waals surface area contributed by atoms with Crippen LogP contribution in [0.5, 0.6) is 5.75 Å². The number of carbonyl (C=O) groups is 2. The van der Waals surface area contributed by atoms with Crippen molar-refractivity contribution in [3.8, 4) is 5.75 Å². The van der Waals surface area contributed by atoms with E-state index in [1.54, 1.807) is 30.3 Å². The molecular formula is C24H27ClN2O3. The molecule has 158 valence electrons. The molecular weight excluding hydrogens is 400 g/mol. The minimum atomic E-state index is -0.726. The predicted molar refractivity (Wildman–Crippen MR) is 118 cm³/mol. The summed E-state index contributed by atoms with van der Waals surface area (Å²) < 4.78 is 0. The lowest BCUT2D eigenvalue weighted by molar-refractivity contribution is 0.0967. The van der Waals surface area contributed by atoms with Gasteiger partial charge in [0.1, 0.15) is 5.75 Å². The number of nitrogens with one attached hydrogen (secondary N) is 2. The summed E-state index contributed by atoms with van der Waals surface area (Å²) in [6.07, 6.45) is 3.59. The van der Waals surface area contributed by atoms with Crippen molar-refractivity contribution in [3.63, 3.8) is 0 Å². The number of urea groups is 1. The summed E-state index contributed by atoms with van der Waals surface area (Å²) in [7, 11) is 0. The zero-order chi connectivity index (χ0) is 21.7. The van der Waals surface area contributed by atoms with E-state index in [-0.39, 0.29) is 32.9 Å². The minimum absolute atomic E-state index is 0.00276. The fourth-order valence-electron chi connectivity index (χ4n) is 5.55. The van der Waals surface area contributed by atoms with Crippen molar-refractivity contribution in [2.75, 3.05) is 5.32 Å². The van der Waals surface area contributed by atoms with Gasteiger partial charge < -0.3 is 10.4 Å². The molecule has 0 aliphatic heterocycles. The lowest BCUT2D eigenvalue weighted by atomic mass is 9.65. The molecule has 0 aromatic heterocycles. The molecule has 2 aromatic carbocycles. The minimum Gasteiger partial charge on any atom is -0.506 e. The lowest BCUT2D eigenvalue weighted by Crippen LogP contribution is -2.34. The molecule has 0 radical (unpaired) electrons. The van der Waals surface area contributed by atoms with E-state index in [1.807, 2.05) is 6.07 Å². The third-order valence-electron chi connectivity index (χ3n) is 7.81. The molecule has 3 amide bonds. The smallest absolute Gasteiger partial charge is 0.326 e. The monoisotopic (exact) mass is 426 g/mol. The first-order valence-electron chi connectivity index (χ1n) is 10.3. The average molecular weight is 427 g/mol. The molecule has 6 heteroatoms. The van der Waals surface area contributed by atoms with E-state index in [4.69, 9.17) is 11.6 Å². The number of hydrogen-bond acceptors (Lipinski definition) is 3. The highest BCUT2D eigenvalue weighted by atomic mass is 35.5. The maximum Gasteiger partial charge on any atom is 0.326 e. The molecule has 2 aliphatic carbocycles. The summed E-state index contributed by atoms with van der Waals surface area (Å²) in [5, 5.41) is 15.6. The number of rotatable bonds is 3. The van der Waals surface area contributed by atoms with Crippen LogP contribution in [0.3, 0.4) is 0 Å². The van der Waals surface area contributed by atoms with E-state index >= 15 is 0 Å². The van der Waals surface area contributed by atoms with Gasteiger partial charge in [-0.3, -0.25) is 10.1 Å². The van der Waals surface area contributed by atoms with Gasteiger partial charge in [0.05, 0.1) is 16.3 Å².